The summed E-state index contributed by atoms with van der Waals surface area (Å²) in [6.07, 6.45) is 0. The molecule has 0 aliphatic heterocycles. The van der Waals surface area contributed by atoms with Crippen molar-refractivity contribution in [3.63, 3.8) is 0 Å². The molecule has 372 valence electrons. The number of rotatable bonds is 6. The lowest BCUT2D eigenvalue weighted by Gasteiger charge is -2.12. The molecule has 3 aromatic heterocycles. The third-order valence-corrected chi connectivity index (χ3v) is 15.1. The average Bonchev–Trinajstić information content (AvgIpc) is 4.35. The van der Waals surface area contributed by atoms with Crippen LogP contribution in [-0.2, 0) is 0 Å². The Hall–Kier alpha value is -9.96. The second kappa shape index (κ2) is 20.6. The number of aryl methyl sites for hydroxylation is 3. The van der Waals surface area contributed by atoms with E-state index < -0.39 is 0 Å². The van der Waals surface area contributed by atoms with Gasteiger partial charge in [-0.25, -0.2) is 0 Å². The molecular weight excluding hydrogens is 943 g/mol. The third-order valence-electron chi connectivity index (χ3n) is 15.1. The van der Waals surface area contributed by atoms with Gasteiger partial charge in [0.25, 0.3) is 0 Å². The van der Waals surface area contributed by atoms with Gasteiger partial charge in [0.2, 0.25) is 0 Å². The van der Waals surface area contributed by atoms with Crippen molar-refractivity contribution in [1.82, 2.24) is 13.7 Å². The van der Waals surface area contributed by atoms with Crippen molar-refractivity contribution in [3.05, 3.63) is 308 Å². The summed E-state index contributed by atoms with van der Waals surface area (Å²) >= 11 is 0. The van der Waals surface area contributed by atoms with Crippen LogP contribution in [0.15, 0.2) is 291 Å². The molecule has 0 N–H and O–H groups in total. The Labute approximate surface area is 455 Å². The smallest absolute Gasteiger partial charge is 0.0619 e. The number of fused-ring (bicyclic) bond motifs is 9. The summed E-state index contributed by atoms with van der Waals surface area (Å²) in [5, 5.41) is 7.87. The van der Waals surface area contributed by atoms with Gasteiger partial charge in [0.1, 0.15) is 0 Å². The molecule has 15 aromatic rings. The normalized spacial score (nSPS) is 11.3. The van der Waals surface area contributed by atoms with Crippen LogP contribution >= 0.6 is 0 Å². The molecule has 0 spiro atoms. The predicted octanol–water partition coefficient (Wildman–Crippen LogP) is 20.3. The number of para-hydroxylation sites is 6. The molecule has 15 rings (SSSR count). The number of aromatic nitrogens is 3. The van der Waals surface area contributed by atoms with E-state index in [4.69, 9.17) is 0 Å². The summed E-state index contributed by atoms with van der Waals surface area (Å²) in [6, 6.07) is 104. The maximum Gasteiger partial charge on any atom is 0.0619 e. The quantitative estimate of drug-likeness (QED) is 0.158. The van der Waals surface area contributed by atoms with E-state index in [-0.39, 0.29) is 0 Å². The average molecular weight is 1000 g/mol. The van der Waals surface area contributed by atoms with Gasteiger partial charge >= 0.3 is 0 Å². The SMILES string of the molecule is Cc1cc(-c2ccccc2)c2c(c1)c1ccccc1n2-c1ccccc1.Cc1cc(-c2ccccc2)c2c3ccccc3n(-c3ccccc3)c2c1.Cc1cc(-c2ccccc2)cc2c1c1ccccc1n2-c1ccccc1. The fraction of sp³-hybridized carbons (Fsp3) is 0.0400. The minimum absolute atomic E-state index is 1.19. The number of nitrogens with zero attached hydrogens (tertiary/aromatic N) is 3. The van der Waals surface area contributed by atoms with Gasteiger partial charge in [-0.15, -0.1) is 0 Å². The highest BCUT2D eigenvalue weighted by atomic mass is 15.0. The molecule has 3 nitrogen and oxygen atoms in total. The molecule has 0 fully saturated rings. The molecule has 0 radical (unpaired) electrons. The van der Waals surface area contributed by atoms with Crippen LogP contribution in [0.2, 0.25) is 0 Å². The van der Waals surface area contributed by atoms with E-state index in [1.54, 1.807) is 0 Å². The zero-order valence-electron chi connectivity index (χ0n) is 44.1. The fourth-order valence-corrected chi connectivity index (χ4v) is 11.8. The van der Waals surface area contributed by atoms with Gasteiger partial charge in [0.05, 0.1) is 33.1 Å². The molecule has 0 amide bonds. The van der Waals surface area contributed by atoms with E-state index in [9.17, 15) is 0 Å². The molecule has 0 unspecified atom stereocenters. The molecule has 0 aliphatic carbocycles. The minimum Gasteiger partial charge on any atom is -0.309 e. The maximum absolute atomic E-state index is 2.40. The first-order valence-electron chi connectivity index (χ1n) is 26.9. The molecular formula is C75H57N3. The van der Waals surface area contributed by atoms with Crippen molar-refractivity contribution in [1.29, 1.82) is 0 Å². The van der Waals surface area contributed by atoms with Gasteiger partial charge in [-0.05, 0) is 144 Å². The van der Waals surface area contributed by atoms with Crippen LogP contribution in [0.5, 0.6) is 0 Å². The number of hydrogen-bond donors (Lipinski definition) is 0. The zero-order valence-corrected chi connectivity index (χ0v) is 44.1. The van der Waals surface area contributed by atoms with Crippen molar-refractivity contribution in [2.75, 3.05) is 0 Å². The second-order valence-electron chi connectivity index (χ2n) is 20.3. The Morgan fingerprint density at radius 3 is 1.13 bits per heavy atom. The molecule has 78 heavy (non-hydrogen) atoms. The Morgan fingerprint density at radius 2 is 0.603 bits per heavy atom. The Kier molecular flexibility index (Phi) is 12.6. The summed E-state index contributed by atoms with van der Waals surface area (Å²) in [4.78, 5) is 0. The van der Waals surface area contributed by atoms with Crippen LogP contribution in [0.25, 0.3) is 116 Å². The van der Waals surface area contributed by atoms with E-state index in [1.165, 1.54) is 133 Å². The third kappa shape index (κ3) is 8.72. The lowest BCUT2D eigenvalue weighted by atomic mass is 9.97. The van der Waals surface area contributed by atoms with Gasteiger partial charge in [-0.3, -0.25) is 0 Å². The Bertz CT molecular complexity index is 4540. The molecule has 0 bridgehead atoms. The summed E-state index contributed by atoms with van der Waals surface area (Å²) in [6.45, 7) is 6.58. The van der Waals surface area contributed by atoms with Gasteiger partial charge in [0.15, 0.2) is 0 Å². The van der Waals surface area contributed by atoms with Crippen molar-refractivity contribution >= 4 is 65.4 Å². The van der Waals surface area contributed by atoms with Gasteiger partial charge in [-0.2, -0.15) is 0 Å². The molecule has 3 heteroatoms. The molecule has 3 heterocycles. The largest absolute Gasteiger partial charge is 0.309 e. The lowest BCUT2D eigenvalue weighted by molar-refractivity contribution is 1.18. The molecule has 0 saturated carbocycles. The van der Waals surface area contributed by atoms with E-state index in [0.717, 1.165) is 0 Å². The monoisotopic (exact) mass is 999 g/mol. The van der Waals surface area contributed by atoms with E-state index in [2.05, 4.69) is 326 Å². The van der Waals surface area contributed by atoms with E-state index >= 15 is 0 Å². The summed E-state index contributed by atoms with van der Waals surface area (Å²) in [5.74, 6) is 0. The highest BCUT2D eigenvalue weighted by Crippen LogP contribution is 2.42. The Morgan fingerprint density at radius 1 is 0.231 bits per heavy atom. The predicted molar refractivity (Wildman–Crippen MR) is 333 cm³/mol. The summed E-state index contributed by atoms with van der Waals surface area (Å²) in [7, 11) is 0. The summed E-state index contributed by atoms with van der Waals surface area (Å²) in [5.41, 5.74) is 22.6. The minimum atomic E-state index is 1.19. The van der Waals surface area contributed by atoms with Crippen molar-refractivity contribution in [2.45, 2.75) is 20.8 Å². The molecule has 0 aliphatic rings. The topological polar surface area (TPSA) is 14.8 Å². The first-order valence-corrected chi connectivity index (χ1v) is 26.9. The molecule has 12 aromatic carbocycles. The first kappa shape index (κ1) is 47.7. The molecule has 0 saturated heterocycles. The van der Waals surface area contributed by atoms with Crippen LogP contribution < -0.4 is 0 Å². The standard InChI is InChI=1S/3C25H19N/c1-18-16-20(19-10-4-2-5-11-19)17-24-25(18)22-14-8-9-15-23(22)26(24)21-12-6-3-7-13-21;1-18-16-22(19-10-4-2-5-11-19)25-23(17-18)21-14-8-9-15-24(21)26(25)20-12-6-3-7-13-20;1-18-16-22(19-10-4-2-5-11-19)25-21-14-8-9-15-23(21)26(24(25)17-18)20-12-6-3-7-13-20/h3*2-17H,1H3. The van der Waals surface area contributed by atoms with Crippen LogP contribution in [0.4, 0.5) is 0 Å². The summed E-state index contributed by atoms with van der Waals surface area (Å²) < 4.78 is 7.15. The molecule has 0 atom stereocenters. The van der Waals surface area contributed by atoms with Crippen LogP contribution in [0, 0.1) is 20.8 Å². The van der Waals surface area contributed by atoms with Crippen LogP contribution in [0.1, 0.15) is 16.7 Å². The van der Waals surface area contributed by atoms with Gasteiger partial charge < -0.3 is 13.7 Å². The van der Waals surface area contributed by atoms with Gasteiger partial charge in [-0.1, -0.05) is 212 Å². The van der Waals surface area contributed by atoms with Gasteiger partial charge in [0, 0.05) is 54.9 Å². The Balaban J connectivity index is 0.000000111. The van der Waals surface area contributed by atoms with Crippen LogP contribution in [0.3, 0.4) is 0 Å². The van der Waals surface area contributed by atoms with E-state index in [0.29, 0.717) is 0 Å². The highest BCUT2D eigenvalue weighted by molar-refractivity contribution is 6.17. The van der Waals surface area contributed by atoms with E-state index in [1.807, 2.05) is 0 Å². The second-order valence-corrected chi connectivity index (χ2v) is 20.3. The van der Waals surface area contributed by atoms with Crippen LogP contribution in [-0.4, -0.2) is 13.7 Å². The number of hydrogen-bond acceptors (Lipinski definition) is 0. The fourth-order valence-electron chi connectivity index (χ4n) is 11.8. The first-order chi connectivity index (χ1) is 38.5. The zero-order chi connectivity index (χ0) is 52.5. The van der Waals surface area contributed by atoms with Crippen molar-refractivity contribution in [2.24, 2.45) is 0 Å². The number of benzene rings is 12. The lowest BCUT2D eigenvalue weighted by Crippen LogP contribution is -1.95. The van der Waals surface area contributed by atoms with Crippen molar-refractivity contribution < 1.29 is 0 Å². The maximum atomic E-state index is 2.40. The highest BCUT2D eigenvalue weighted by Gasteiger charge is 2.19. The van der Waals surface area contributed by atoms with Crippen molar-refractivity contribution in [3.8, 4) is 50.4 Å².